The molecule has 0 saturated heterocycles. The van der Waals surface area contributed by atoms with E-state index < -0.39 is 0 Å². The molecule has 0 unspecified atom stereocenters. The van der Waals surface area contributed by atoms with Gasteiger partial charge >= 0.3 is 0 Å². The summed E-state index contributed by atoms with van der Waals surface area (Å²) < 4.78 is 0. The van der Waals surface area contributed by atoms with Crippen LogP contribution in [0.3, 0.4) is 0 Å². The van der Waals surface area contributed by atoms with Crippen LogP contribution in [0.25, 0.3) is 0 Å². The predicted octanol–water partition coefficient (Wildman–Crippen LogP) is -0.409. The summed E-state index contributed by atoms with van der Waals surface area (Å²) in [7, 11) is 0. The minimum Gasteiger partial charge on any atom is -0.340 e. The summed E-state index contributed by atoms with van der Waals surface area (Å²) in [6, 6.07) is 0. The third-order valence-electron chi connectivity index (χ3n) is 1.10. The molecule has 0 aliphatic carbocycles. The van der Waals surface area contributed by atoms with E-state index in [0.717, 1.165) is 6.08 Å². The lowest BCUT2D eigenvalue weighted by Gasteiger charge is -2.01. The zero-order chi connectivity index (χ0) is 9.40. The lowest BCUT2D eigenvalue weighted by Crippen LogP contribution is -2.35. The van der Waals surface area contributed by atoms with E-state index in [-0.39, 0.29) is 24.9 Å². The molecule has 1 amide bonds. The van der Waals surface area contributed by atoms with Crippen LogP contribution < -0.4 is 10.6 Å². The predicted molar refractivity (Wildman–Crippen MR) is 46.4 cm³/mol. The molecule has 0 rings (SSSR count). The van der Waals surface area contributed by atoms with E-state index in [1.165, 1.54) is 6.08 Å². The number of amides is 1. The van der Waals surface area contributed by atoms with Crippen molar-refractivity contribution in [1.29, 1.82) is 0 Å². The number of rotatable bonds is 6. The van der Waals surface area contributed by atoms with Gasteiger partial charge in [0.1, 0.15) is 0 Å². The molecule has 0 aliphatic heterocycles. The quantitative estimate of drug-likeness (QED) is 0.322. The average molecular weight is 168 g/mol. The molecule has 0 aromatic rings. The zero-order valence-corrected chi connectivity index (χ0v) is 6.80. The van der Waals surface area contributed by atoms with Gasteiger partial charge in [-0.05, 0) is 12.2 Å². The first-order valence-corrected chi connectivity index (χ1v) is 3.47. The van der Waals surface area contributed by atoms with Gasteiger partial charge in [-0.3, -0.25) is 14.9 Å². The van der Waals surface area contributed by atoms with Gasteiger partial charge in [0.05, 0.1) is 13.2 Å². The monoisotopic (exact) mass is 168 g/mol. The Bertz CT molecular complexity index is 177. The summed E-state index contributed by atoms with van der Waals surface area (Å²) >= 11 is 0. The molecule has 0 aromatic heterocycles. The third-order valence-corrected chi connectivity index (χ3v) is 1.10. The van der Waals surface area contributed by atoms with Crippen molar-refractivity contribution < 1.29 is 9.59 Å². The van der Waals surface area contributed by atoms with Crippen molar-refractivity contribution in [2.75, 3.05) is 13.2 Å². The Hall–Kier alpha value is -1.42. The Morgan fingerprint density at radius 3 is 2.42 bits per heavy atom. The lowest BCUT2D eigenvalue weighted by molar-refractivity contribution is -0.117. The summed E-state index contributed by atoms with van der Waals surface area (Å²) in [5.74, 6) is -0.378. The second kappa shape index (κ2) is 6.30. The number of hydrogen-bond acceptors (Lipinski definition) is 3. The number of hydrogen-bond donors (Lipinski definition) is 2. The maximum absolute atomic E-state index is 10.6. The second-order valence-electron chi connectivity index (χ2n) is 2.02. The van der Waals surface area contributed by atoms with Crippen LogP contribution in [0.15, 0.2) is 25.3 Å². The highest BCUT2D eigenvalue weighted by Gasteiger charge is 1.94. The summed E-state index contributed by atoms with van der Waals surface area (Å²) in [5, 5.41) is 5.16. The fourth-order valence-electron chi connectivity index (χ4n) is 0.480. The summed E-state index contributed by atoms with van der Waals surface area (Å²) in [4.78, 5) is 21.2. The van der Waals surface area contributed by atoms with E-state index in [0.29, 0.717) is 0 Å². The standard InChI is InChI=1S/C8H12N2O2/c1-3-7(11)5-9-6-10-8(12)4-2/h3-4,9H,1-2,5-6H2,(H,10,12). The maximum atomic E-state index is 10.6. The van der Waals surface area contributed by atoms with Crippen LogP contribution in [0.5, 0.6) is 0 Å². The van der Waals surface area contributed by atoms with Crippen LogP contribution in [0, 0.1) is 0 Å². The molecule has 0 bridgehead atoms. The Kier molecular flexibility index (Phi) is 5.55. The average Bonchev–Trinajstić information content (AvgIpc) is 2.11. The van der Waals surface area contributed by atoms with Crippen LogP contribution in [0.1, 0.15) is 0 Å². The Balaban J connectivity index is 3.32. The molecule has 4 heteroatoms. The van der Waals surface area contributed by atoms with Gasteiger partial charge < -0.3 is 5.32 Å². The Labute approximate surface area is 71.3 Å². The first kappa shape index (κ1) is 10.6. The van der Waals surface area contributed by atoms with Crippen molar-refractivity contribution in [3.63, 3.8) is 0 Å². The van der Waals surface area contributed by atoms with Crippen molar-refractivity contribution in [3.8, 4) is 0 Å². The molecule has 0 spiro atoms. The van der Waals surface area contributed by atoms with E-state index in [1.807, 2.05) is 0 Å². The second-order valence-corrected chi connectivity index (χ2v) is 2.02. The van der Waals surface area contributed by atoms with E-state index in [2.05, 4.69) is 23.8 Å². The van der Waals surface area contributed by atoms with E-state index in [4.69, 9.17) is 0 Å². The Morgan fingerprint density at radius 2 is 1.92 bits per heavy atom. The molecule has 0 aliphatic rings. The van der Waals surface area contributed by atoms with Crippen molar-refractivity contribution in [2.45, 2.75) is 0 Å². The first-order valence-electron chi connectivity index (χ1n) is 3.47. The minimum atomic E-state index is -0.270. The smallest absolute Gasteiger partial charge is 0.244 e. The van der Waals surface area contributed by atoms with E-state index >= 15 is 0 Å². The number of nitrogens with one attached hydrogen (secondary N) is 2. The molecule has 66 valence electrons. The van der Waals surface area contributed by atoms with Gasteiger partial charge in [-0.25, -0.2) is 0 Å². The molecule has 0 saturated carbocycles. The van der Waals surface area contributed by atoms with Crippen molar-refractivity contribution in [1.82, 2.24) is 10.6 Å². The van der Waals surface area contributed by atoms with Crippen molar-refractivity contribution in [2.24, 2.45) is 0 Å². The summed E-state index contributed by atoms with van der Waals surface area (Å²) in [6.45, 7) is 7.00. The fraction of sp³-hybridized carbons (Fsp3) is 0.250. The maximum Gasteiger partial charge on any atom is 0.244 e. The molecule has 0 aromatic carbocycles. The van der Waals surface area contributed by atoms with Gasteiger partial charge in [0.15, 0.2) is 5.78 Å². The third kappa shape index (κ3) is 5.37. The van der Waals surface area contributed by atoms with Gasteiger partial charge in [0, 0.05) is 0 Å². The van der Waals surface area contributed by atoms with Gasteiger partial charge in [-0.15, -0.1) is 0 Å². The van der Waals surface area contributed by atoms with Gasteiger partial charge in [-0.1, -0.05) is 13.2 Å². The molecule has 0 radical (unpaired) electrons. The van der Waals surface area contributed by atoms with Crippen LogP contribution >= 0.6 is 0 Å². The highest BCUT2D eigenvalue weighted by Crippen LogP contribution is 1.68. The van der Waals surface area contributed by atoms with Crippen LogP contribution in [-0.2, 0) is 9.59 Å². The lowest BCUT2D eigenvalue weighted by atomic mass is 10.4. The SMILES string of the molecule is C=CC(=O)CNCNC(=O)C=C. The van der Waals surface area contributed by atoms with Crippen molar-refractivity contribution in [3.05, 3.63) is 25.3 Å². The zero-order valence-electron chi connectivity index (χ0n) is 6.80. The molecule has 0 fully saturated rings. The molecule has 4 nitrogen and oxygen atoms in total. The Morgan fingerprint density at radius 1 is 1.25 bits per heavy atom. The number of ketones is 1. The summed E-state index contributed by atoms with van der Waals surface area (Å²) in [6.07, 6.45) is 2.39. The molecule has 0 heterocycles. The largest absolute Gasteiger partial charge is 0.340 e. The topological polar surface area (TPSA) is 58.2 Å². The van der Waals surface area contributed by atoms with Gasteiger partial charge in [0.2, 0.25) is 5.91 Å². The van der Waals surface area contributed by atoms with E-state index in [9.17, 15) is 9.59 Å². The minimum absolute atomic E-state index is 0.108. The molecular formula is C8H12N2O2. The van der Waals surface area contributed by atoms with Gasteiger partial charge in [-0.2, -0.15) is 0 Å². The van der Waals surface area contributed by atoms with Crippen LogP contribution in [0.4, 0.5) is 0 Å². The molecule has 12 heavy (non-hydrogen) atoms. The normalized spacial score (nSPS) is 8.67. The molecular weight excluding hydrogens is 156 g/mol. The number of carbonyl (C=O) groups excluding carboxylic acids is 2. The van der Waals surface area contributed by atoms with E-state index in [1.54, 1.807) is 0 Å². The highest BCUT2D eigenvalue weighted by molar-refractivity contribution is 5.90. The van der Waals surface area contributed by atoms with Crippen LogP contribution in [-0.4, -0.2) is 24.9 Å². The van der Waals surface area contributed by atoms with Gasteiger partial charge in [0.25, 0.3) is 0 Å². The number of carbonyl (C=O) groups is 2. The van der Waals surface area contributed by atoms with Crippen LogP contribution in [0.2, 0.25) is 0 Å². The molecule has 0 atom stereocenters. The molecule has 2 N–H and O–H groups in total. The summed E-state index contributed by atoms with van der Waals surface area (Å²) in [5.41, 5.74) is 0. The highest BCUT2D eigenvalue weighted by atomic mass is 16.1. The van der Waals surface area contributed by atoms with Crippen molar-refractivity contribution >= 4 is 11.7 Å². The first-order chi connectivity index (χ1) is 5.70. The fourth-order valence-corrected chi connectivity index (χ4v) is 0.480.